The summed E-state index contributed by atoms with van der Waals surface area (Å²) in [4.78, 5) is 22.1. The summed E-state index contributed by atoms with van der Waals surface area (Å²) in [7, 11) is 0. The average molecular weight is 215 g/mol. The van der Waals surface area contributed by atoms with Crippen molar-refractivity contribution in [3.05, 3.63) is 0 Å². The van der Waals surface area contributed by atoms with Gasteiger partial charge in [0.05, 0.1) is 13.1 Å². The van der Waals surface area contributed by atoms with Gasteiger partial charge in [0.25, 0.3) is 0 Å². The summed E-state index contributed by atoms with van der Waals surface area (Å²) in [5.74, 6) is -0.467. The van der Waals surface area contributed by atoms with Crippen LogP contribution in [0.25, 0.3) is 0 Å². The van der Waals surface area contributed by atoms with Gasteiger partial charge in [0.1, 0.15) is 0 Å². The van der Waals surface area contributed by atoms with Gasteiger partial charge in [0, 0.05) is 6.04 Å². The lowest BCUT2D eigenvalue weighted by Crippen LogP contribution is -2.43. The van der Waals surface area contributed by atoms with Crippen LogP contribution in [-0.4, -0.2) is 30.9 Å². The highest BCUT2D eigenvalue weighted by Gasteiger charge is 2.09. The molecule has 0 aliphatic rings. The number of hydrogen-bond acceptors (Lipinski definition) is 3. The molecule has 0 aromatic rings. The van der Waals surface area contributed by atoms with Crippen LogP contribution in [0.5, 0.6) is 0 Å². The molecular weight excluding hydrogens is 194 g/mol. The minimum absolute atomic E-state index is 0.0102. The monoisotopic (exact) mass is 215 g/mol. The van der Waals surface area contributed by atoms with Crippen molar-refractivity contribution in [3.8, 4) is 0 Å². The van der Waals surface area contributed by atoms with Gasteiger partial charge in [0.15, 0.2) is 0 Å². The first-order valence-corrected chi connectivity index (χ1v) is 5.40. The summed E-state index contributed by atoms with van der Waals surface area (Å²) in [5, 5.41) is 5.28. The first kappa shape index (κ1) is 13.9. The second kappa shape index (κ2) is 8.23. The fraction of sp³-hybridized carbons (Fsp3) is 0.800. The Bertz CT molecular complexity index is 207. The van der Waals surface area contributed by atoms with Crippen molar-refractivity contribution in [2.75, 3.05) is 13.1 Å². The van der Waals surface area contributed by atoms with E-state index in [9.17, 15) is 9.59 Å². The molecule has 0 spiro atoms. The highest BCUT2D eigenvalue weighted by molar-refractivity contribution is 5.85. The van der Waals surface area contributed by atoms with Crippen LogP contribution in [0, 0.1) is 0 Å². The maximum absolute atomic E-state index is 11.3. The van der Waals surface area contributed by atoms with Crippen LogP contribution in [-0.2, 0) is 9.59 Å². The summed E-state index contributed by atoms with van der Waals surface area (Å²) < 4.78 is 0. The third-order valence-electron chi connectivity index (χ3n) is 2.13. The molecule has 15 heavy (non-hydrogen) atoms. The van der Waals surface area contributed by atoms with Crippen LogP contribution >= 0.6 is 0 Å². The molecule has 0 aromatic heterocycles. The zero-order valence-electron chi connectivity index (χ0n) is 9.51. The molecule has 0 aromatic carbocycles. The smallest absolute Gasteiger partial charge is 0.239 e. The molecule has 2 amide bonds. The number of amides is 2. The van der Waals surface area contributed by atoms with E-state index in [-0.39, 0.29) is 30.9 Å². The Hall–Kier alpha value is -1.10. The Kier molecular flexibility index (Phi) is 7.62. The van der Waals surface area contributed by atoms with E-state index in [2.05, 4.69) is 17.6 Å². The molecule has 0 bridgehead atoms. The van der Waals surface area contributed by atoms with Crippen molar-refractivity contribution >= 4 is 11.8 Å². The average Bonchev–Trinajstić information content (AvgIpc) is 2.25. The van der Waals surface area contributed by atoms with Gasteiger partial charge in [-0.3, -0.25) is 9.59 Å². The van der Waals surface area contributed by atoms with Gasteiger partial charge in [-0.2, -0.15) is 0 Å². The third-order valence-corrected chi connectivity index (χ3v) is 2.13. The van der Waals surface area contributed by atoms with E-state index in [1.165, 1.54) is 0 Å². The lowest BCUT2D eigenvalue weighted by molar-refractivity contribution is -0.125. The zero-order valence-corrected chi connectivity index (χ0v) is 9.51. The summed E-state index contributed by atoms with van der Waals surface area (Å²) in [6, 6.07) is 0.206. The van der Waals surface area contributed by atoms with Gasteiger partial charge < -0.3 is 16.4 Å². The Labute approximate surface area is 90.8 Å². The van der Waals surface area contributed by atoms with Crippen molar-refractivity contribution in [2.45, 2.75) is 39.2 Å². The second-order valence-electron chi connectivity index (χ2n) is 3.44. The largest absolute Gasteiger partial charge is 0.352 e. The normalized spacial score (nSPS) is 11.9. The maximum atomic E-state index is 11.3. The second-order valence-corrected chi connectivity index (χ2v) is 3.44. The fourth-order valence-electron chi connectivity index (χ4n) is 1.26. The molecule has 0 fully saturated rings. The van der Waals surface area contributed by atoms with Gasteiger partial charge in [-0.25, -0.2) is 0 Å². The standard InChI is InChI=1S/C10H21N3O2/c1-3-5-8(4-2)13-10(15)7-12-9(14)6-11/h8H,3-7,11H2,1-2H3,(H,12,14)(H,13,15). The minimum atomic E-state index is -0.311. The van der Waals surface area contributed by atoms with Gasteiger partial charge in [-0.15, -0.1) is 0 Å². The maximum Gasteiger partial charge on any atom is 0.239 e. The van der Waals surface area contributed by atoms with Crippen LogP contribution in [0.3, 0.4) is 0 Å². The van der Waals surface area contributed by atoms with E-state index in [1.54, 1.807) is 0 Å². The molecule has 1 atom stereocenters. The predicted molar refractivity (Wildman–Crippen MR) is 59.2 cm³/mol. The van der Waals surface area contributed by atoms with Crippen molar-refractivity contribution in [3.63, 3.8) is 0 Å². The number of nitrogens with two attached hydrogens (primary N) is 1. The molecule has 0 saturated carbocycles. The fourth-order valence-corrected chi connectivity index (χ4v) is 1.26. The molecule has 4 N–H and O–H groups in total. The molecule has 0 rings (SSSR count). The van der Waals surface area contributed by atoms with Crippen LogP contribution in [0.2, 0.25) is 0 Å². The van der Waals surface area contributed by atoms with E-state index in [0.29, 0.717) is 0 Å². The Morgan fingerprint density at radius 2 is 1.93 bits per heavy atom. The SMILES string of the molecule is CCCC(CC)NC(=O)CNC(=O)CN. The molecule has 0 heterocycles. The summed E-state index contributed by atoms with van der Waals surface area (Å²) >= 11 is 0. The zero-order chi connectivity index (χ0) is 11.7. The first-order valence-electron chi connectivity index (χ1n) is 5.40. The highest BCUT2D eigenvalue weighted by Crippen LogP contribution is 1.99. The highest BCUT2D eigenvalue weighted by atomic mass is 16.2. The Morgan fingerprint density at radius 1 is 1.27 bits per heavy atom. The molecule has 5 nitrogen and oxygen atoms in total. The molecule has 0 radical (unpaired) electrons. The molecule has 88 valence electrons. The lowest BCUT2D eigenvalue weighted by atomic mass is 10.1. The van der Waals surface area contributed by atoms with Crippen molar-refractivity contribution in [1.82, 2.24) is 10.6 Å². The van der Waals surface area contributed by atoms with E-state index >= 15 is 0 Å². The molecule has 0 aliphatic heterocycles. The summed E-state index contributed by atoms with van der Waals surface area (Å²) in [6.45, 7) is 4.03. The minimum Gasteiger partial charge on any atom is -0.352 e. The first-order chi connectivity index (χ1) is 7.13. The van der Waals surface area contributed by atoms with Gasteiger partial charge >= 0.3 is 0 Å². The molecule has 0 aliphatic carbocycles. The van der Waals surface area contributed by atoms with Crippen molar-refractivity contribution < 1.29 is 9.59 Å². The van der Waals surface area contributed by atoms with Crippen LogP contribution in [0.4, 0.5) is 0 Å². The van der Waals surface area contributed by atoms with Gasteiger partial charge in [0.2, 0.25) is 11.8 Å². The van der Waals surface area contributed by atoms with Crippen LogP contribution < -0.4 is 16.4 Å². The number of hydrogen-bond donors (Lipinski definition) is 3. The molecule has 5 heteroatoms. The topological polar surface area (TPSA) is 84.2 Å². The van der Waals surface area contributed by atoms with E-state index in [0.717, 1.165) is 19.3 Å². The molecule has 0 saturated heterocycles. The number of carbonyl (C=O) groups excluding carboxylic acids is 2. The van der Waals surface area contributed by atoms with E-state index in [4.69, 9.17) is 5.73 Å². The summed E-state index contributed by atoms with van der Waals surface area (Å²) in [6.07, 6.45) is 2.91. The molecular formula is C10H21N3O2. The third kappa shape index (κ3) is 6.90. The Morgan fingerprint density at radius 3 is 2.40 bits per heavy atom. The summed E-state index contributed by atoms with van der Waals surface area (Å²) in [5.41, 5.74) is 5.09. The van der Waals surface area contributed by atoms with E-state index in [1.807, 2.05) is 6.92 Å². The lowest BCUT2D eigenvalue weighted by Gasteiger charge is -2.16. The van der Waals surface area contributed by atoms with Gasteiger partial charge in [-0.1, -0.05) is 20.3 Å². The predicted octanol–water partition coefficient (Wildman–Crippen LogP) is -0.244. The number of nitrogens with one attached hydrogen (secondary N) is 2. The van der Waals surface area contributed by atoms with Crippen molar-refractivity contribution in [1.29, 1.82) is 0 Å². The number of carbonyl (C=O) groups is 2. The van der Waals surface area contributed by atoms with E-state index < -0.39 is 0 Å². The van der Waals surface area contributed by atoms with Crippen molar-refractivity contribution in [2.24, 2.45) is 5.73 Å². The molecule has 1 unspecified atom stereocenters. The quantitative estimate of drug-likeness (QED) is 0.548. The number of rotatable bonds is 7. The van der Waals surface area contributed by atoms with Gasteiger partial charge in [-0.05, 0) is 12.8 Å². The van der Waals surface area contributed by atoms with Crippen LogP contribution in [0.15, 0.2) is 0 Å². The van der Waals surface area contributed by atoms with Crippen LogP contribution in [0.1, 0.15) is 33.1 Å². The Balaban J connectivity index is 3.75.